The molecular formula is C12H20N4O2S. The number of nitrogens with zero attached hydrogens (tertiary/aromatic N) is 2. The molecule has 0 saturated heterocycles. The Morgan fingerprint density at radius 2 is 2.16 bits per heavy atom. The number of anilines is 1. The largest absolute Gasteiger partial charge is 0.366 e. The normalized spacial score (nSPS) is 17.5. The second kappa shape index (κ2) is 5.44. The van der Waals surface area contributed by atoms with Crippen LogP contribution in [-0.2, 0) is 10.0 Å². The summed E-state index contributed by atoms with van der Waals surface area (Å²) >= 11 is 0. The second-order valence-corrected chi connectivity index (χ2v) is 7.14. The molecule has 6 nitrogen and oxygen atoms in total. The Balaban J connectivity index is 2.10. The average molecular weight is 284 g/mol. The van der Waals surface area contributed by atoms with Crippen LogP contribution >= 0.6 is 0 Å². The SMILES string of the molecule is CN(C)S(=O)(=O)c1ccc(NC(CN)C2CC2)nc1. The minimum atomic E-state index is -3.41. The van der Waals surface area contributed by atoms with Gasteiger partial charge in [-0.2, -0.15) is 0 Å². The summed E-state index contributed by atoms with van der Waals surface area (Å²) < 4.78 is 24.9. The number of rotatable bonds is 6. The van der Waals surface area contributed by atoms with Crippen molar-refractivity contribution in [2.75, 3.05) is 26.0 Å². The van der Waals surface area contributed by atoms with E-state index >= 15 is 0 Å². The van der Waals surface area contributed by atoms with Crippen LogP contribution in [0.3, 0.4) is 0 Å². The average Bonchev–Trinajstić information content (AvgIpc) is 3.20. The lowest BCUT2D eigenvalue weighted by Gasteiger charge is -2.17. The standard InChI is InChI=1S/C12H20N4O2S/c1-16(2)19(17,18)10-5-6-12(14-8-10)15-11(7-13)9-3-4-9/h5-6,8-9,11H,3-4,7,13H2,1-2H3,(H,14,15). The van der Waals surface area contributed by atoms with E-state index in [0.717, 1.165) is 0 Å². The van der Waals surface area contributed by atoms with Crippen LogP contribution in [0, 0.1) is 5.92 Å². The molecule has 1 atom stereocenters. The maximum atomic E-state index is 11.9. The Morgan fingerprint density at radius 3 is 2.58 bits per heavy atom. The molecular weight excluding hydrogens is 264 g/mol. The zero-order valence-corrected chi connectivity index (χ0v) is 12.0. The molecule has 106 valence electrons. The Labute approximate surface area is 114 Å². The third kappa shape index (κ3) is 3.23. The Bertz CT molecular complexity index is 523. The molecule has 1 aliphatic carbocycles. The molecule has 0 bridgehead atoms. The monoisotopic (exact) mass is 284 g/mol. The van der Waals surface area contributed by atoms with Crippen LogP contribution in [0.2, 0.25) is 0 Å². The molecule has 19 heavy (non-hydrogen) atoms. The van der Waals surface area contributed by atoms with Crippen LogP contribution in [-0.4, -0.2) is 44.4 Å². The van der Waals surface area contributed by atoms with E-state index in [9.17, 15) is 8.42 Å². The van der Waals surface area contributed by atoms with Crippen LogP contribution in [0.5, 0.6) is 0 Å². The molecule has 0 radical (unpaired) electrons. The minimum absolute atomic E-state index is 0.193. The van der Waals surface area contributed by atoms with E-state index in [1.165, 1.54) is 37.4 Å². The fourth-order valence-electron chi connectivity index (χ4n) is 1.89. The molecule has 1 aromatic rings. The zero-order chi connectivity index (χ0) is 14.0. The number of pyridine rings is 1. The van der Waals surface area contributed by atoms with Crippen molar-refractivity contribution in [2.45, 2.75) is 23.8 Å². The Morgan fingerprint density at radius 1 is 1.47 bits per heavy atom. The first-order valence-corrected chi connectivity index (χ1v) is 7.74. The van der Waals surface area contributed by atoms with Crippen molar-refractivity contribution in [3.8, 4) is 0 Å². The molecule has 0 spiro atoms. The molecule has 7 heteroatoms. The maximum absolute atomic E-state index is 11.9. The van der Waals surface area contributed by atoms with Gasteiger partial charge in [-0.05, 0) is 30.9 Å². The van der Waals surface area contributed by atoms with Gasteiger partial charge in [0, 0.05) is 32.9 Å². The zero-order valence-electron chi connectivity index (χ0n) is 11.2. The van der Waals surface area contributed by atoms with Gasteiger partial charge in [-0.3, -0.25) is 0 Å². The van der Waals surface area contributed by atoms with Crippen molar-refractivity contribution < 1.29 is 8.42 Å². The maximum Gasteiger partial charge on any atom is 0.244 e. The number of aromatic nitrogens is 1. The van der Waals surface area contributed by atoms with E-state index < -0.39 is 10.0 Å². The van der Waals surface area contributed by atoms with E-state index in [2.05, 4.69) is 10.3 Å². The quantitative estimate of drug-likeness (QED) is 0.793. The van der Waals surface area contributed by atoms with Gasteiger partial charge in [-0.1, -0.05) is 0 Å². The fraction of sp³-hybridized carbons (Fsp3) is 0.583. The van der Waals surface area contributed by atoms with Gasteiger partial charge in [0.25, 0.3) is 0 Å². The first-order chi connectivity index (χ1) is 8.95. The number of hydrogen-bond donors (Lipinski definition) is 2. The predicted molar refractivity (Wildman–Crippen MR) is 74.3 cm³/mol. The van der Waals surface area contributed by atoms with Gasteiger partial charge in [0.2, 0.25) is 10.0 Å². The molecule has 2 rings (SSSR count). The second-order valence-electron chi connectivity index (χ2n) is 4.99. The molecule has 1 saturated carbocycles. The van der Waals surface area contributed by atoms with Crippen LogP contribution in [0.15, 0.2) is 23.2 Å². The summed E-state index contributed by atoms with van der Waals surface area (Å²) in [6.07, 6.45) is 3.77. The van der Waals surface area contributed by atoms with Crippen molar-refractivity contribution in [3.05, 3.63) is 18.3 Å². The van der Waals surface area contributed by atoms with Crippen LogP contribution in [0.4, 0.5) is 5.82 Å². The minimum Gasteiger partial charge on any atom is -0.366 e. The molecule has 1 aromatic heterocycles. The van der Waals surface area contributed by atoms with E-state index in [1.54, 1.807) is 12.1 Å². The van der Waals surface area contributed by atoms with E-state index in [-0.39, 0.29) is 10.9 Å². The highest BCUT2D eigenvalue weighted by Gasteiger charge is 2.30. The molecule has 3 N–H and O–H groups in total. The smallest absolute Gasteiger partial charge is 0.244 e. The van der Waals surface area contributed by atoms with Crippen molar-refractivity contribution in [2.24, 2.45) is 11.7 Å². The number of nitrogens with two attached hydrogens (primary N) is 1. The summed E-state index contributed by atoms with van der Waals surface area (Å²) in [4.78, 5) is 4.35. The van der Waals surface area contributed by atoms with Crippen LogP contribution in [0.1, 0.15) is 12.8 Å². The summed E-state index contributed by atoms with van der Waals surface area (Å²) in [7, 11) is -0.415. The van der Waals surface area contributed by atoms with E-state index in [0.29, 0.717) is 18.3 Å². The first-order valence-electron chi connectivity index (χ1n) is 6.30. The van der Waals surface area contributed by atoms with Gasteiger partial charge in [0.1, 0.15) is 10.7 Å². The number of sulfonamides is 1. The van der Waals surface area contributed by atoms with E-state index in [1.807, 2.05) is 0 Å². The van der Waals surface area contributed by atoms with Gasteiger partial charge < -0.3 is 11.1 Å². The summed E-state index contributed by atoms with van der Waals surface area (Å²) in [6, 6.07) is 3.47. The predicted octanol–water partition coefficient (Wildman–Crippen LogP) is 0.481. The summed E-state index contributed by atoms with van der Waals surface area (Å²) in [5.41, 5.74) is 5.71. The fourth-order valence-corrected chi connectivity index (χ4v) is 2.73. The molecule has 1 heterocycles. The molecule has 1 fully saturated rings. The topological polar surface area (TPSA) is 88.3 Å². The lowest BCUT2D eigenvalue weighted by molar-refractivity contribution is 0.520. The first kappa shape index (κ1) is 14.2. The van der Waals surface area contributed by atoms with Crippen molar-refractivity contribution >= 4 is 15.8 Å². The highest BCUT2D eigenvalue weighted by atomic mass is 32.2. The highest BCUT2D eigenvalue weighted by Crippen LogP contribution is 2.33. The third-order valence-corrected chi connectivity index (χ3v) is 5.09. The molecule has 0 amide bonds. The Hall–Kier alpha value is -1.18. The third-order valence-electron chi connectivity index (χ3n) is 3.29. The van der Waals surface area contributed by atoms with Crippen molar-refractivity contribution in [1.29, 1.82) is 0 Å². The summed E-state index contributed by atoms with van der Waals surface area (Å²) in [6.45, 7) is 0.560. The molecule has 0 aromatic carbocycles. The van der Waals surface area contributed by atoms with Crippen LogP contribution < -0.4 is 11.1 Å². The molecule has 0 aliphatic heterocycles. The van der Waals surface area contributed by atoms with Gasteiger partial charge in [0.15, 0.2) is 0 Å². The van der Waals surface area contributed by atoms with Crippen molar-refractivity contribution in [1.82, 2.24) is 9.29 Å². The number of hydrogen-bond acceptors (Lipinski definition) is 5. The van der Waals surface area contributed by atoms with Gasteiger partial charge in [-0.15, -0.1) is 0 Å². The highest BCUT2D eigenvalue weighted by molar-refractivity contribution is 7.89. The number of nitrogens with one attached hydrogen (secondary N) is 1. The van der Waals surface area contributed by atoms with Crippen molar-refractivity contribution in [3.63, 3.8) is 0 Å². The Kier molecular flexibility index (Phi) is 4.07. The van der Waals surface area contributed by atoms with Gasteiger partial charge >= 0.3 is 0 Å². The van der Waals surface area contributed by atoms with Crippen LogP contribution in [0.25, 0.3) is 0 Å². The van der Waals surface area contributed by atoms with Gasteiger partial charge in [-0.25, -0.2) is 17.7 Å². The molecule has 1 unspecified atom stereocenters. The lowest BCUT2D eigenvalue weighted by Crippen LogP contribution is -2.31. The lowest BCUT2D eigenvalue weighted by atomic mass is 10.2. The summed E-state index contributed by atoms with van der Waals surface area (Å²) in [5.74, 6) is 1.29. The van der Waals surface area contributed by atoms with Gasteiger partial charge in [0.05, 0.1) is 0 Å². The summed E-state index contributed by atoms with van der Waals surface area (Å²) in [5, 5.41) is 3.25. The van der Waals surface area contributed by atoms with E-state index in [4.69, 9.17) is 5.73 Å². The molecule has 1 aliphatic rings.